The zero-order valence-electron chi connectivity index (χ0n) is 17.3. The molecule has 0 saturated carbocycles. The molecular formula is C19H28N4O9. The van der Waals surface area contributed by atoms with Crippen molar-refractivity contribution >= 4 is 23.7 Å². The van der Waals surface area contributed by atoms with E-state index in [1.807, 2.05) is 0 Å². The number of carbonyl (C=O) groups is 4. The number of hydrogen-bond donors (Lipinski definition) is 9. The van der Waals surface area contributed by atoms with Gasteiger partial charge in [0.15, 0.2) is 0 Å². The van der Waals surface area contributed by atoms with Crippen LogP contribution in [0.4, 0.5) is 0 Å². The number of carboxylic acid groups (broad SMARTS) is 1. The Bertz CT molecular complexity index is 800. The van der Waals surface area contributed by atoms with Crippen molar-refractivity contribution in [3.8, 4) is 5.75 Å². The first-order valence-electron chi connectivity index (χ1n) is 9.57. The first kappa shape index (κ1) is 26.8. The number of rotatable bonds is 12. The molecule has 0 aliphatic rings. The topological polar surface area (TPSA) is 232 Å². The van der Waals surface area contributed by atoms with Gasteiger partial charge in [0.2, 0.25) is 17.7 Å². The lowest BCUT2D eigenvalue weighted by molar-refractivity contribution is -0.142. The van der Waals surface area contributed by atoms with Crippen LogP contribution in [0.2, 0.25) is 0 Å². The number of phenols is 1. The molecule has 5 atom stereocenters. The first-order valence-corrected chi connectivity index (χ1v) is 9.57. The van der Waals surface area contributed by atoms with Crippen molar-refractivity contribution in [2.24, 2.45) is 5.73 Å². The summed E-state index contributed by atoms with van der Waals surface area (Å²) in [6, 6.07) is -0.272. The van der Waals surface area contributed by atoms with Gasteiger partial charge < -0.3 is 47.2 Å². The van der Waals surface area contributed by atoms with Gasteiger partial charge in [0.25, 0.3) is 0 Å². The zero-order valence-corrected chi connectivity index (χ0v) is 17.3. The summed E-state index contributed by atoms with van der Waals surface area (Å²) in [6.45, 7) is -0.522. The SMILES string of the molecule is C[C@@H](O)[C@H](N)C(=O)N[C@@H](CO)C(=O)N[C@@H](CO)C(=O)N[C@@H](Cc1ccc(O)cc1)C(=O)O. The molecule has 3 amide bonds. The molecule has 0 fully saturated rings. The van der Waals surface area contributed by atoms with E-state index in [2.05, 4.69) is 16.0 Å². The summed E-state index contributed by atoms with van der Waals surface area (Å²) >= 11 is 0. The number of aliphatic carboxylic acids is 1. The van der Waals surface area contributed by atoms with Gasteiger partial charge in [-0.1, -0.05) is 12.1 Å². The van der Waals surface area contributed by atoms with Gasteiger partial charge in [-0.2, -0.15) is 0 Å². The Kier molecular flexibility index (Phi) is 10.5. The Morgan fingerprint density at radius 3 is 1.72 bits per heavy atom. The first-order chi connectivity index (χ1) is 15.0. The minimum Gasteiger partial charge on any atom is -0.508 e. The molecule has 0 saturated heterocycles. The fourth-order valence-corrected chi connectivity index (χ4v) is 2.49. The highest BCUT2D eigenvalue weighted by molar-refractivity contribution is 5.94. The maximum Gasteiger partial charge on any atom is 0.326 e. The summed E-state index contributed by atoms with van der Waals surface area (Å²) in [5.41, 5.74) is 5.94. The van der Waals surface area contributed by atoms with Gasteiger partial charge in [-0.05, 0) is 24.6 Å². The number of hydrogen-bond acceptors (Lipinski definition) is 9. The van der Waals surface area contributed by atoms with Crippen molar-refractivity contribution in [3.05, 3.63) is 29.8 Å². The highest BCUT2D eigenvalue weighted by atomic mass is 16.4. The standard InChI is InChI=1S/C19H28N4O9/c1-9(26)15(20)18(30)23-14(8-25)17(29)22-13(7-24)16(28)21-12(19(31)32)6-10-2-4-11(27)5-3-10/h2-5,9,12-15,24-27H,6-8,20H2,1H3,(H,21,28)(H,22,29)(H,23,30)(H,31,32)/t9-,12+,13+,14+,15+/m1/s1. The fourth-order valence-electron chi connectivity index (χ4n) is 2.49. The molecular weight excluding hydrogens is 428 g/mol. The Balaban J connectivity index is 2.79. The van der Waals surface area contributed by atoms with Gasteiger partial charge in [0.05, 0.1) is 19.3 Å². The van der Waals surface area contributed by atoms with Gasteiger partial charge in [-0.25, -0.2) is 4.79 Å². The number of aliphatic hydroxyl groups is 3. The Morgan fingerprint density at radius 2 is 1.31 bits per heavy atom. The summed E-state index contributed by atoms with van der Waals surface area (Å²) in [6.07, 6.45) is -1.37. The summed E-state index contributed by atoms with van der Waals surface area (Å²) in [4.78, 5) is 48.1. The van der Waals surface area contributed by atoms with E-state index in [4.69, 9.17) is 5.73 Å². The molecule has 32 heavy (non-hydrogen) atoms. The average Bonchev–Trinajstić information content (AvgIpc) is 2.75. The quantitative estimate of drug-likeness (QED) is 0.149. The number of carbonyl (C=O) groups excluding carboxylic acids is 3. The van der Waals surface area contributed by atoms with Crippen molar-refractivity contribution in [2.75, 3.05) is 13.2 Å². The largest absolute Gasteiger partial charge is 0.508 e. The molecule has 0 aliphatic carbocycles. The van der Waals surface area contributed by atoms with E-state index in [9.17, 15) is 44.7 Å². The molecule has 0 aliphatic heterocycles. The molecule has 1 rings (SSSR count). The van der Waals surface area contributed by atoms with E-state index >= 15 is 0 Å². The smallest absolute Gasteiger partial charge is 0.326 e. The lowest BCUT2D eigenvalue weighted by Crippen LogP contribution is -2.59. The maximum absolute atomic E-state index is 12.4. The van der Waals surface area contributed by atoms with Crippen LogP contribution < -0.4 is 21.7 Å². The van der Waals surface area contributed by atoms with Crippen LogP contribution in [-0.2, 0) is 25.6 Å². The third-order valence-electron chi connectivity index (χ3n) is 4.44. The monoisotopic (exact) mass is 456 g/mol. The molecule has 0 bridgehead atoms. The lowest BCUT2D eigenvalue weighted by atomic mass is 10.1. The summed E-state index contributed by atoms with van der Waals surface area (Å²) < 4.78 is 0. The second-order valence-electron chi connectivity index (χ2n) is 7.02. The third kappa shape index (κ3) is 8.11. The minimum absolute atomic E-state index is 0.0207. The molecule has 0 unspecified atom stereocenters. The molecule has 13 nitrogen and oxygen atoms in total. The van der Waals surface area contributed by atoms with Crippen LogP contribution in [-0.4, -0.2) is 92.7 Å². The highest BCUT2D eigenvalue weighted by Crippen LogP contribution is 2.11. The number of aromatic hydroxyl groups is 1. The van der Waals surface area contributed by atoms with Crippen LogP contribution in [0.25, 0.3) is 0 Å². The minimum atomic E-state index is -1.58. The van der Waals surface area contributed by atoms with E-state index in [0.29, 0.717) is 5.56 Å². The number of phenolic OH excluding ortho intramolecular Hbond substituents is 1. The number of carboxylic acids is 1. The number of benzene rings is 1. The van der Waals surface area contributed by atoms with Crippen LogP contribution in [0.5, 0.6) is 5.75 Å². The maximum atomic E-state index is 12.4. The second-order valence-corrected chi connectivity index (χ2v) is 7.02. The lowest BCUT2D eigenvalue weighted by Gasteiger charge is -2.23. The zero-order chi connectivity index (χ0) is 24.4. The number of aliphatic hydroxyl groups excluding tert-OH is 3. The van der Waals surface area contributed by atoms with Crippen LogP contribution >= 0.6 is 0 Å². The van der Waals surface area contributed by atoms with Crippen molar-refractivity contribution in [1.29, 1.82) is 0 Å². The predicted molar refractivity (Wildman–Crippen MR) is 109 cm³/mol. The van der Waals surface area contributed by atoms with Crippen molar-refractivity contribution < 1.29 is 44.7 Å². The molecule has 0 spiro atoms. The third-order valence-corrected chi connectivity index (χ3v) is 4.44. The van der Waals surface area contributed by atoms with Crippen molar-refractivity contribution in [2.45, 2.75) is 43.6 Å². The summed E-state index contributed by atoms with van der Waals surface area (Å²) in [5.74, 6) is -4.39. The molecule has 13 heteroatoms. The predicted octanol–water partition coefficient (Wildman–Crippen LogP) is -3.83. The van der Waals surface area contributed by atoms with E-state index in [-0.39, 0.29) is 12.2 Å². The van der Waals surface area contributed by atoms with Gasteiger partial charge >= 0.3 is 5.97 Å². The summed E-state index contributed by atoms with van der Waals surface area (Å²) in [5, 5.41) is 53.2. The molecule has 1 aromatic rings. The molecule has 0 heterocycles. The molecule has 1 aromatic carbocycles. The number of nitrogens with one attached hydrogen (secondary N) is 3. The van der Waals surface area contributed by atoms with Gasteiger partial charge in [-0.15, -0.1) is 0 Å². The summed E-state index contributed by atoms with van der Waals surface area (Å²) in [7, 11) is 0. The number of nitrogens with two attached hydrogens (primary N) is 1. The van der Waals surface area contributed by atoms with E-state index in [1.54, 1.807) is 0 Å². The second kappa shape index (κ2) is 12.6. The Morgan fingerprint density at radius 1 is 0.875 bits per heavy atom. The van der Waals surface area contributed by atoms with Crippen LogP contribution in [0, 0.1) is 0 Å². The van der Waals surface area contributed by atoms with Crippen molar-refractivity contribution in [3.63, 3.8) is 0 Å². The highest BCUT2D eigenvalue weighted by Gasteiger charge is 2.30. The Labute approximate surface area is 183 Å². The van der Waals surface area contributed by atoms with Crippen LogP contribution in [0.15, 0.2) is 24.3 Å². The average molecular weight is 456 g/mol. The van der Waals surface area contributed by atoms with Crippen molar-refractivity contribution in [1.82, 2.24) is 16.0 Å². The van der Waals surface area contributed by atoms with Crippen LogP contribution in [0.3, 0.4) is 0 Å². The molecule has 10 N–H and O–H groups in total. The molecule has 0 radical (unpaired) electrons. The van der Waals surface area contributed by atoms with E-state index < -0.39 is 67.2 Å². The van der Waals surface area contributed by atoms with E-state index in [0.717, 1.165) is 0 Å². The van der Waals surface area contributed by atoms with Gasteiger partial charge in [0.1, 0.15) is 29.9 Å². The van der Waals surface area contributed by atoms with Crippen LogP contribution in [0.1, 0.15) is 12.5 Å². The Hall–Kier alpha value is -3.26. The molecule has 178 valence electrons. The molecule has 0 aromatic heterocycles. The normalized spacial score (nSPS) is 15.5. The van der Waals surface area contributed by atoms with E-state index in [1.165, 1.54) is 31.2 Å². The fraction of sp³-hybridized carbons (Fsp3) is 0.474. The van der Waals surface area contributed by atoms with Gasteiger partial charge in [-0.3, -0.25) is 14.4 Å². The number of amides is 3. The van der Waals surface area contributed by atoms with Gasteiger partial charge in [0, 0.05) is 6.42 Å².